The van der Waals surface area contributed by atoms with Crippen molar-refractivity contribution in [2.45, 2.75) is 56.7 Å². The highest BCUT2D eigenvalue weighted by molar-refractivity contribution is 7.99. The van der Waals surface area contributed by atoms with E-state index in [0.29, 0.717) is 6.42 Å². The molecular weight excluding hydrogens is 276 g/mol. The van der Waals surface area contributed by atoms with Gasteiger partial charge in [0.25, 0.3) is 0 Å². The third kappa shape index (κ3) is 6.03. The monoisotopic (exact) mass is 302 g/mol. The van der Waals surface area contributed by atoms with Crippen molar-refractivity contribution in [1.29, 1.82) is 0 Å². The highest BCUT2D eigenvalue weighted by Crippen LogP contribution is 2.26. The van der Waals surface area contributed by atoms with Crippen LogP contribution in [-0.4, -0.2) is 41.2 Å². The second-order valence-electron chi connectivity index (χ2n) is 5.39. The first-order valence-electron chi connectivity index (χ1n) is 7.36. The van der Waals surface area contributed by atoms with Gasteiger partial charge < -0.3 is 15.7 Å². The Morgan fingerprint density at radius 3 is 2.45 bits per heavy atom. The molecule has 1 atom stereocenters. The number of urea groups is 1. The van der Waals surface area contributed by atoms with Gasteiger partial charge in [-0.3, -0.25) is 4.79 Å². The van der Waals surface area contributed by atoms with Gasteiger partial charge in [0, 0.05) is 17.8 Å². The summed E-state index contributed by atoms with van der Waals surface area (Å²) in [6, 6.07) is -0.00666. The maximum Gasteiger partial charge on any atom is 0.315 e. The van der Waals surface area contributed by atoms with Gasteiger partial charge in [-0.1, -0.05) is 13.3 Å². The minimum atomic E-state index is -0.840. The molecule has 0 saturated heterocycles. The number of carbonyl (C=O) groups excluding carboxylic acids is 1. The van der Waals surface area contributed by atoms with Gasteiger partial charge >= 0.3 is 12.0 Å². The molecule has 1 rings (SSSR count). The fourth-order valence-electron chi connectivity index (χ4n) is 2.56. The Morgan fingerprint density at radius 1 is 1.30 bits per heavy atom. The molecule has 0 aromatic heterocycles. The Bertz CT molecular complexity index is 318. The van der Waals surface area contributed by atoms with Crippen LogP contribution in [0.25, 0.3) is 0 Å². The van der Waals surface area contributed by atoms with Crippen LogP contribution in [-0.2, 0) is 4.79 Å². The number of hydrogen-bond acceptors (Lipinski definition) is 3. The summed E-state index contributed by atoms with van der Waals surface area (Å²) in [7, 11) is 0. The average Bonchev–Trinajstić information content (AvgIpc) is 2.44. The van der Waals surface area contributed by atoms with E-state index >= 15 is 0 Å². The second-order valence-corrected chi connectivity index (χ2v) is 6.53. The maximum absolute atomic E-state index is 11.8. The molecule has 20 heavy (non-hydrogen) atoms. The molecule has 2 amide bonds. The SMILES string of the molecule is CCCC(CNC(=O)NC1CCC(SC)CC1)C(=O)O. The summed E-state index contributed by atoms with van der Waals surface area (Å²) in [5, 5.41) is 15.4. The number of rotatable bonds is 7. The first-order valence-corrected chi connectivity index (χ1v) is 8.65. The van der Waals surface area contributed by atoms with E-state index in [4.69, 9.17) is 5.11 Å². The molecule has 0 bridgehead atoms. The number of thioether (sulfide) groups is 1. The van der Waals surface area contributed by atoms with Crippen LogP contribution in [0.4, 0.5) is 4.79 Å². The van der Waals surface area contributed by atoms with Crippen LogP contribution < -0.4 is 10.6 Å². The largest absolute Gasteiger partial charge is 0.481 e. The highest BCUT2D eigenvalue weighted by atomic mass is 32.2. The Balaban J connectivity index is 2.24. The summed E-state index contributed by atoms with van der Waals surface area (Å²) in [5.74, 6) is -1.33. The lowest BCUT2D eigenvalue weighted by atomic mass is 9.95. The van der Waals surface area contributed by atoms with E-state index in [1.165, 1.54) is 0 Å². The van der Waals surface area contributed by atoms with Crippen molar-refractivity contribution in [2.75, 3.05) is 12.8 Å². The van der Waals surface area contributed by atoms with Gasteiger partial charge in [-0.2, -0.15) is 11.8 Å². The van der Waals surface area contributed by atoms with Crippen LogP contribution in [0.5, 0.6) is 0 Å². The lowest BCUT2D eigenvalue weighted by Gasteiger charge is -2.28. The van der Waals surface area contributed by atoms with Crippen LogP contribution in [0, 0.1) is 5.92 Å². The van der Waals surface area contributed by atoms with Crippen molar-refractivity contribution < 1.29 is 14.7 Å². The molecule has 0 aromatic carbocycles. The zero-order valence-electron chi connectivity index (χ0n) is 12.4. The summed E-state index contributed by atoms with van der Waals surface area (Å²) in [5.41, 5.74) is 0. The van der Waals surface area contributed by atoms with Gasteiger partial charge in [0.2, 0.25) is 0 Å². The van der Waals surface area contributed by atoms with Crippen LogP contribution in [0.1, 0.15) is 45.4 Å². The van der Waals surface area contributed by atoms with E-state index < -0.39 is 11.9 Å². The van der Waals surface area contributed by atoms with Crippen molar-refractivity contribution in [1.82, 2.24) is 10.6 Å². The van der Waals surface area contributed by atoms with E-state index in [9.17, 15) is 9.59 Å². The van der Waals surface area contributed by atoms with Crippen molar-refractivity contribution in [3.05, 3.63) is 0 Å². The van der Waals surface area contributed by atoms with Crippen LogP contribution in [0.3, 0.4) is 0 Å². The molecule has 0 spiro atoms. The highest BCUT2D eigenvalue weighted by Gasteiger charge is 2.22. The Morgan fingerprint density at radius 2 is 1.95 bits per heavy atom. The van der Waals surface area contributed by atoms with Crippen LogP contribution in [0.15, 0.2) is 0 Å². The molecule has 1 fully saturated rings. The quantitative estimate of drug-likeness (QED) is 0.675. The number of carbonyl (C=O) groups is 2. The van der Waals surface area contributed by atoms with Gasteiger partial charge in [0.1, 0.15) is 0 Å². The molecule has 0 radical (unpaired) electrons. The van der Waals surface area contributed by atoms with E-state index in [1.54, 1.807) is 0 Å². The summed E-state index contributed by atoms with van der Waals surface area (Å²) in [6.07, 6.45) is 7.82. The molecule has 1 aliphatic carbocycles. The lowest BCUT2D eigenvalue weighted by molar-refractivity contribution is -0.141. The predicted octanol–water partition coefficient (Wildman–Crippen LogP) is 2.46. The van der Waals surface area contributed by atoms with Gasteiger partial charge in [-0.15, -0.1) is 0 Å². The Hall–Kier alpha value is -0.910. The number of carboxylic acid groups (broad SMARTS) is 1. The van der Waals surface area contributed by atoms with Gasteiger partial charge in [-0.05, 0) is 38.4 Å². The topological polar surface area (TPSA) is 78.4 Å². The molecular formula is C14H26N2O3S. The summed E-state index contributed by atoms with van der Waals surface area (Å²) >= 11 is 1.90. The van der Waals surface area contributed by atoms with Gasteiger partial charge in [-0.25, -0.2) is 4.79 Å². The smallest absolute Gasteiger partial charge is 0.315 e. The summed E-state index contributed by atoms with van der Waals surface area (Å²) in [4.78, 5) is 22.8. The summed E-state index contributed by atoms with van der Waals surface area (Å²) in [6.45, 7) is 2.15. The Kier molecular flexibility index (Phi) is 7.80. The first-order chi connectivity index (χ1) is 9.56. The third-order valence-corrected chi connectivity index (χ3v) is 4.98. The number of nitrogens with one attached hydrogen (secondary N) is 2. The average molecular weight is 302 g/mol. The molecule has 0 heterocycles. The molecule has 1 aliphatic rings. The molecule has 0 aromatic rings. The third-order valence-electron chi connectivity index (χ3n) is 3.84. The first kappa shape index (κ1) is 17.1. The number of amides is 2. The zero-order valence-corrected chi connectivity index (χ0v) is 13.2. The number of aliphatic carboxylic acids is 1. The standard InChI is InChI=1S/C14H26N2O3S/c1-3-4-10(13(17)18)9-15-14(19)16-11-5-7-12(20-2)8-6-11/h10-12H,3-9H2,1-2H3,(H,17,18)(H2,15,16,19). The lowest BCUT2D eigenvalue weighted by Crippen LogP contribution is -2.45. The van der Waals surface area contributed by atoms with E-state index in [0.717, 1.165) is 37.4 Å². The molecule has 1 unspecified atom stereocenters. The Labute approximate surface area is 125 Å². The molecule has 116 valence electrons. The van der Waals surface area contributed by atoms with Crippen molar-refractivity contribution in [3.8, 4) is 0 Å². The minimum Gasteiger partial charge on any atom is -0.481 e. The normalized spacial score (nSPS) is 23.9. The van der Waals surface area contributed by atoms with E-state index in [-0.39, 0.29) is 18.6 Å². The van der Waals surface area contributed by atoms with Crippen LogP contribution >= 0.6 is 11.8 Å². The fraction of sp³-hybridized carbons (Fsp3) is 0.857. The predicted molar refractivity (Wildman–Crippen MR) is 82.1 cm³/mol. The van der Waals surface area contributed by atoms with Crippen molar-refractivity contribution >= 4 is 23.8 Å². The maximum atomic E-state index is 11.8. The number of carboxylic acids is 1. The number of hydrogen-bond donors (Lipinski definition) is 3. The van der Waals surface area contributed by atoms with Gasteiger partial charge in [0.05, 0.1) is 5.92 Å². The zero-order chi connectivity index (χ0) is 15.0. The van der Waals surface area contributed by atoms with Crippen LogP contribution in [0.2, 0.25) is 0 Å². The second kappa shape index (κ2) is 9.10. The molecule has 0 aliphatic heterocycles. The molecule has 5 nitrogen and oxygen atoms in total. The summed E-state index contributed by atoms with van der Waals surface area (Å²) < 4.78 is 0. The fourth-order valence-corrected chi connectivity index (χ4v) is 3.30. The molecule has 6 heteroatoms. The van der Waals surface area contributed by atoms with E-state index in [2.05, 4.69) is 16.9 Å². The minimum absolute atomic E-state index is 0.204. The molecule has 1 saturated carbocycles. The van der Waals surface area contributed by atoms with E-state index in [1.807, 2.05) is 18.7 Å². The van der Waals surface area contributed by atoms with Crippen molar-refractivity contribution in [2.24, 2.45) is 5.92 Å². The van der Waals surface area contributed by atoms with Gasteiger partial charge in [0.15, 0.2) is 0 Å². The van der Waals surface area contributed by atoms with Crippen molar-refractivity contribution in [3.63, 3.8) is 0 Å². The molecule has 3 N–H and O–H groups in total.